The number of aromatic nitrogens is 3. The van der Waals surface area contributed by atoms with E-state index in [1.165, 1.54) is 48.5 Å². The summed E-state index contributed by atoms with van der Waals surface area (Å²) < 4.78 is 2.41. The largest absolute Gasteiger partial charge is 0.332 e. The van der Waals surface area contributed by atoms with Crippen molar-refractivity contribution in [3.05, 3.63) is 47.3 Å². The summed E-state index contributed by atoms with van der Waals surface area (Å²) in [7, 11) is 0. The second kappa shape index (κ2) is 4.92. The lowest BCUT2D eigenvalue weighted by Gasteiger charge is -2.14. The summed E-state index contributed by atoms with van der Waals surface area (Å²) in [5.74, 6) is 1.18. The van der Waals surface area contributed by atoms with Crippen LogP contribution in [0.3, 0.4) is 0 Å². The number of nitrogens with zero attached hydrogens (tertiary/aromatic N) is 3. The summed E-state index contributed by atoms with van der Waals surface area (Å²) in [6.45, 7) is 3.17. The molecule has 94 valence electrons. The molecule has 1 aliphatic rings. The molecule has 0 N–H and O–H groups in total. The maximum absolute atomic E-state index is 4.71. The van der Waals surface area contributed by atoms with Gasteiger partial charge in [0.15, 0.2) is 0 Å². The minimum absolute atomic E-state index is 1.04. The topological polar surface area (TPSA) is 30.7 Å². The average molecular weight is 241 g/mol. The fourth-order valence-corrected chi connectivity index (χ4v) is 2.82. The van der Waals surface area contributed by atoms with Gasteiger partial charge in [-0.1, -0.05) is 0 Å². The van der Waals surface area contributed by atoms with Gasteiger partial charge >= 0.3 is 0 Å². The third-order valence-electron chi connectivity index (χ3n) is 3.80. The minimum Gasteiger partial charge on any atom is -0.332 e. The SMILES string of the molecule is Cc1nc2c(n1CCc1ccncc1)CCCC2. The van der Waals surface area contributed by atoms with Crippen molar-refractivity contribution in [3.8, 4) is 0 Å². The molecule has 0 aromatic carbocycles. The first-order valence-corrected chi connectivity index (χ1v) is 6.78. The summed E-state index contributed by atoms with van der Waals surface area (Å²) >= 11 is 0. The van der Waals surface area contributed by atoms with Gasteiger partial charge in [0, 0.05) is 24.6 Å². The van der Waals surface area contributed by atoms with E-state index in [0.717, 1.165) is 13.0 Å². The summed E-state index contributed by atoms with van der Waals surface area (Å²) in [4.78, 5) is 8.77. The standard InChI is InChI=1S/C15H19N3/c1-12-17-14-4-2-3-5-15(14)18(12)11-8-13-6-9-16-10-7-13/h6-7,9-10H,2-5,8,11H2,1H3. The smallest absolute Gasteiger partial charge is 0.106 e. The molecule has 3 nitrogen and oxygen atoms in total. The number of imidazole rings is 1. The molecule has 0 saturated heterocycles. The molecule has 0 saturated carbocycles. The highest BCUT2D eigenvalue weighted by atomic mass is 15.1. The number of hydrogen-bond acceptors (Lipinski definition) is 2. The first-order valence-electron chi connectivity index (χ1n) is 6.78. The first-order chi connectivity index (χ1) is 8.84. The maximum atomic E-state index is 4.71. The summed E-state index contributed by atoms with van der Waals surface area (Å²) in [6.07, 6.45) is 9.77. The molecule has 1 aliphatic carbocycles. The van der Waals surface area contributed by atoms with Gasteiger partial charge in [0.1, 0.15) is 5.82 Å². The van der Waals surface area contributed by atoms with Crippen LogP contribution in [0.2, 0.25) is 0 Å². The quantitative estimate of drug-likeness (QED) is 0.827. The minimum atomic E-state index is 1.04. The van der Waals surface area contributed by atoms with E-state index in [0.29, 0.717) is 0 Å². The molecule has 0 aliphatic heterocycles. The van der Waals surface area contributed by atoms with Crippen molar-refractivity contribution < 1.29 is 0 Å². The summed E-state index contributed by atoms with van der Waals surface area (Å²) in [6, 6.07) is 4.19. The molecule has 0 fully saturated rings. The van der Waals surface area contributed by atoms with Gasteiger partial charge in [-0.3, -0.25) is 4.98 Å². The molecule has 18 heavy (non-hydrogen) atoms. The Bertz CT molecular complexity index is 528. The fourth-order valence-electron chi connectivity index (χ4n) is 2.82. The molecule has 3 rings (SSSR count). The van der Waals surface area contributed by atoms with Crippen LogP contribution in [-0.4, -0.2) is 14.5 Å². The normalized spacial score (nSPS) is 14.5. The van der Waals surface area contributed by atoms with Gasteiger partial charge in [0.05, 0.1) is 5.69 Å². The van der Waals surface area contributed by atoms with Crippen LogP contribution >= 0.6 is 0 Å². The van der Waals surface area contributed by atoms with Crippen LogP contribution < -0.4 is 0 Å². The van der Waals surface area contributed by atoms with Crippen molar-refractivity contribution in [2.24, 2.45) is 0 Å². The van der Waals surface area contributed by atoms with Crippen molar-refractivity contribution in [1.29, 1.82) is 0 Å². The molecular formula is C15H19N3. The number of aryl methyl sites for hydroxylation is 3. The molecule has 0 spiro atoms. The Labute approximate surface area is 108 Å². The Kier molecular flexibility index (Phi) is 3.13. The summed E-state index contributed by atoms with van der Waals surface area (Å²) in [5, 5.41) is 0. The number of hydrogen-bond donors (Lipinski definition) is 0. The molecule has 0 atom stereocenters. The van der Waals surface area contributed by atoms with Crippen LogP contribution in [0.1, 0.15) is 35.6 Å². The fraction of sp³-hybridized carbons (Fsp3) is 0.467. The zero-order valence-electron chi connectivity index (χ0n) is 10.9. The van der Waals surface area contributed by atoms with Crippen molar-refractivity contribution in [3.63, 3.8) is 0 Å². The zero-order valence-corrected chi connectivity index (χ0v) is 10.9. The van der Waals surface area contributed by atoms with E-state index in [9.17, 15) is 0 Å². The molecule has 0 unspecified atom stereocenters. The van der Waals surface area contributed by atoms with Gasteiger partial charge < -0.3 is 4.57 Å². The first kappa shape index (κ1) is 11.5. The molecule has 2 aromatic rings. The van der Waals surface area contributed by atoms with Crippen LogP contribution in [0.25, 0.3) is 0 Å². The Morgan fingerprint density at radius 3 is 2.78 bits per heavy atom. The van der Waals surface area contributed by atoms with E-state index in [4.69, 9.17) is 4.98 Å². The summed E-state index contributed by atoms with van der Waals surface area (Å²) in [5.41, 5.74) is 4.17. The van der Waals surface area contributed by atoms with Crippen molar-refractivity contribution in [2.75, 3.05) is 0 Å². The van der Waals surface area contributed by atoms with Gasteiger partial charge in [-0.15, -0.1) is 0 Å². The van der Waals surface area contributed by atoms with Crippen LogP contribution in [0, 0.1) is 6.92 Å². The molecule has 0 amide bonds. The number of fused-ring (bicyclic) bond motifs is 1. The predicted molar refractivity (Wildman–Crippen MR) is 71.5 cm³/mol. The molecule has 0 radical (unpaired) electrons. The molecule has 0 bridgehead atoms. The number of pyridine rings is 1. The van der Waals surface area contributed by atoms with Crippen LogP contribution in [0.15, 0.2) is 24.5 Å². The van der Waals surface area contributed by atoms with Crippen LogP contribution in [-0.2, 0) is 25.8 Å². The third kappa shape index (κ3) is 2.17. The second-order valence-electron chi connectivity index (χ2n) is 5.02. The molecular weight excluding hydrogens is 222 g/mol. The van der Waals surface area contributed by atoms with Crippen LogP contribution in [0.5, 0.6) is 0 Å². The lowest BCUT2D eigenvalue weighted by atomic mass is 10.0. The lowest BCUT2D eigenvalue weighted by Crippen LogP contribution is -2.11. The Morgan fingerprint density at radius 1 is 1.17 bits per heavy atom. The molecule has 2 heterocycles. The Morgan fingerprint density at radius 2 is 1.94 bits per heavy atom. The van der Waals surface area contributed by atoms with Gasteiger partial charge in [-0.25, -0.2) is 4.98 Å². The average Bonchev–Trinajstić information content (AvgIpc) is 2.73. The maximum Gasteiger partial charge on any atom is 0.106 e. The predicted octanol–water partition coefficient (Wildman–Crippen LogP) is 2.71. The highest BCUT2D eigenvalue weighted by Crippen LogP contribution is 2.22. The van der Waals surface area contributed by atoms with E-state index < -0.39 is 0 Å². The van der Waals surface area contributed by atoms with Crippen molar-refractivity contribution >= 4 is 0 Å². The van der Waals surface area contributed by atoms with Crippen molar-refractivity contribution in [2.45, 2.75) is 45.6 Å². The van der Waals surface area contributed by atoms with Gasteiger partial charge in [0.2, 0.25) is 0 Å². The van der Waals surface area contributed by atoms with E-state index in [1.807, 2.05) is 12.4 Å². The number of rotatable bonds is 3. The Hall–Kier alpha value is -1.64. The van der Waals surface area contributed by atoms with E-state index in [2.05, 4.69) is 28.6 Å². The molecule has 2 aromatic heterocycles. The van der Waals surface area contributed by atoms with Gasteiger partial charge in [-0.2, -0.15) is 0 Å². The van der Waals surface area contributed by atoms with Crippen molar-refractivity contribution in [1.82, 2.24) is 14.5 Å². The van der Waals surface area contributed by atoms with E-state index in [-0.39, 0.29) is 0 Å². The molecule has 3 heteroatoms. The highest BCUT2D eigenvalue weighted by Gasteiger charge is 2.17. The van der Waals surface area contributed by atoms with Gasteiger partial charge in [-0.05, 0) is 56.7 Å². The van der Waals surface area contributed by atoms with Gasteiger partial charge in [0.25, 0.3) is 0 Å². The van der Waals surface area contributed by atoms with Crippen LogP contribution in [0.4, 0.5) is 0 Å². The lowest BCUT2D eigenvalue weighted by molar-refractivity contribution is 0.595. The highest BCUT2D eigenvalue weighted by molar-refractivity contribution is 5.20. The Balaban J connectivity index is 1.78. The second-order valence-corrected chi connectivity index (χ2v) is 5.02. The van der Waals surface area contributed by atoms with E-state index >= 15 is 0 Å². The van der Waals surface area contributed by atoms with E-state index in [1.54, 1.807) is 0 Å². The monoisotopic (exact) mass is 241 g/mol. The zero-order chi connectivity index (χ0) is 12.4. The third-order valence-corrected chi connectivity index (χ3v) is 3.80.